The van der Waals surface area contributed by atoms with Gasteiger partial charge in [-0.2, -0.15) is 5.26 Å². The standard InChI is InChI=1S/C20H18BrN3O2S/c1-2-3-4-15-8-5-13(12-22)19(23-15)27-17-11-18(25)24(20(17)26)16-9-6-14(21)7-10-16/h5-10,17H,2-4,11H2,1H3. The summed E-state index contributed by atoms with van der Waals surface area (Å²) in [5.41, 5.74) is 1.89. The van der Waals surface area contributed by atoms with Crippen molar-refractivity contribution >= 4 is 45.2 Å². The first-order valence-corrected chi connectivity index (χ1v) is 10.4. The van der Waals surface area contributed by atoms with Crippen LogP contribution in [0.25, 0.3) is 0 Å². The molecule has 2 amide bonds. The second-order valence-corrected chi connectivity index (χ2v) is 8.33. The molecule has 1 aromatic carbocycles. The van der Waals surface area contributed by atoms with Crippen molar-refractivity contribution in [3.8, 4) is 6.07 Å². The first-order valence-electron chi connectivity index (χ1n) is 8.72. The average Bonchev–Trinajstić information content (AvgIpc) is 2.94. The van der Waals surface area contributed by atoms with Gasteiger partial charge in [-0.3, -0.25) is 9.59 Å². The SMILES string of the molecule is CCCCc1ccc(C#N)c(SC2CC(=O)N(c3ccc(Br)cc3)C2=O)n1. The first-order chi connectivity index (χ1) is 13.0. The zero-order chi connectivity index (χ0) is 19.4. The van der Waals surface area contributed by atoms with E-state index in [-0.39, 0.29) is 18.2 Å². The number of carbonyl (C=O) groups excluding carboxylic acids is 2. The van der Waals surface area contributed by atoms with Gasteiger partial charge >= 0.3 is 0 Å². The maximum atomic E-state index is 12.8. The van der Waals surface area contributed by atoms with Crippen LogP contribution in [-0.2, 0) is 16.0 Å². The fraction of sp³-hybridized carbons (Fsp3) is 0.300. The molecular formula is C20H18BrN3O2S. The van der Waals surface area contributed by atoms with E-state index in [1.54, 1.807) is 30.3 Å². The summed E-state index contributed by atoms with van der Waals surface area (Å²) in [6.45, 7) is 2.11. The summed E-state index contributed by atoms with van der Waals surface area (Å²) in [7, 11) is 0. The smallest absolute Gasteiger partial charge is 0.247 e. The van der Waals surface area contributed by atoms with Gasteiger partial charge in [0.2, 0.25) is 11.8 Å². The van der Waals surface area contributed by atoms with Crippen LogP contribution in [0.4, 0.5) is 5.69 Å². The number of hydrogen-bond acceptors (Lipinski definition) is 5. The third-order valence-corrected chi connectivity index (χ3v) is 5.98. The van der Waals surface area contributed by atoms with E-state index in [4.69, 9.17) is 0 Å². The molecule has 0 aliphatic carbocycles. The van der Waals surface area contributed by atoms with Gasteiger partial charge in [-0.1, -0.05) is 41.0 Å². The van der Waals surface area contributed by atoms with E-state index in [9.17, 15) is 14.9 Å². The Labute approximate surface area is 170 Å². The molecule has 1 unspecified atom stereocenters. The summed E-state index contributed by atoms with van der Waals surface area (Å²) >= 11 is 4.56. The number of unbranched alkanes of at least 4 members (excludes halogenated alkanes) is 1. The minimum atomic E-state index is -0.567. The average molecular weight is 444 g/mol. The zero-order valence-electron chi connectivity index (χ0n) is 14.8. The highest BCUT2D eigenvalue weighted by atomic mass is 79.9. The Morgan fingerprint density at radius 2 is 2.00 bits per heavy atom. The van der Waals surface area contributed by atoms with E-state index in [2.05, 4.69) is 33.9 Å². The Morgan fingerprint density at radius 1 is 1.26 bits per heavy atom. The molecule has 0 radical (unpaired) electrons. The maximum absolute atomic E-state index is 12.8. The lowest BCUT2D eigenvalue weighted by atomic mass is 10.2. The van der Waals surface area contributed by atoms with Crippen molar-refractivity contribution in [1.29, 1.82) is 5.26 Å². The number of anilines is 1. The molecule has 0 bridgehead atoms. The van der Waals surface area contributed by atoms with E-state index in [1.165, 1.54) is 16.7 Å². The monoisotopic (exact) mass is 443 g/mol. The lowest BCUT2D eigenvalue weighted by molar-refractivity contribution is -0.121. The lowest BCUT2D eigenvalue weighted by Gasteiger charge is -2.15. The van der Waals surface area contributed by atoms with Crippen LogP contribution in [0, 0.1) is 11.3 Å². The molecule has 5 nitrogen and oxygen atoms in total. The van der Waals surface area contributed by atoms with Gasteiger partial charge in [0.25, 0.3) is 0 Å². The quantitative estimate of drug-likeness (QED) is 0.615. The first kappa shape index (κ1) is 19.6. The molecule has 2 heterocycles. The number of hydrogen-bond donors (Lipinski definition) is 0. The van der Waals surface area contributed by atoms with Gasteiger partial charge in [-0.25, -0.2) is 9.88 Å². The number of aryl methyl sites for hydroxylation is 1. The molecule has 1 aliphatic rings. The Bertz CT molecular complexity index is 908. The maximum Gasteiger partial charge on any atom is 0.247 e. The van der Waals surface area contributed by atoms with Crippen molar-refractivity contribution in [2.24, 2.45) is 0 Å². The summed E-state index contributed by atoms with van der Waals surface area (Å²) in [6, 6.07) is 12.8. The van der Waals surface area contributed by atoms with Crippen LogP contribution in [0.15, 0.2) is 45.9 Å². The van der Waals surface area contributed by atoms with Gasteiger partial charge in [-0.05, 0) is 49.2 Å². The van der Waals surface area contributed by atoms with Crippen molar-refractivity contribution in [2.75, 3.05) is 4.90 Å². The molecule has 1 aromatic heterocycles. The second kappa shape index (κ2) is 8.68. The molecule has 0 spiro atoms. The molecule has 0 N–H and O–H groups in total. The minimum Gasteiger partial charge on any atom is -0.274 e. The van der Waals surface area contributed by atoms with Gasteiger partial charge in [0.1, 0.15) is 11.1 Å². The van der Waals surface area contributed by atoms with E-state index in [0.717, 1.165) is 29.4 Å². The van der Waals surface area contributed by atoms with Gasteiger partial charge < -0.3 is 0 Å². The Morgan fingerprint density at radius 3 is 2.67 bits per heavy atom. The Hall–Kier alpha value is -2.17. The summed E-state index contributed by atoms with van der Waals surface area (Å²) in [4.78, 5) is 31.0. The summed E-state index contributed by atoms with van der Waals surface area (Å²) in [6.07, 6.45) is 3.01. The number of imide groups is 1. The highest BCUT2D eigenvalue weighted by molar-refractivity contribution is 9.10. The molecule has 27 heavy (non-hydrogen) atoms. The Kier molecular flexibility index (Phi) is 6.30. The summed E-state index contributed by atoms with van der Waals surface area (Å²) < 4.78 is 0.878. The summed E-state index contributed by atoms with van der Waals surface area (Å²) in [5.74, 6) is -0.502. The fourth-order valence-corrected chi connectivity index (χ4v) is 4.22. The van der Waals surface area contributed by atoms with E-state index < -0.39 is 5.25 Å². The number of pyridine rings is 1. The van der Waals surface area contributed by atoms with Crippen molar-refractivity contribution in [3.63, 3.8) is 0 Å². The van der Waals surface area contributed by atoms with Crippen LogP contribution in [0.1, 0.15) is 37.4 Å². The predicted molar refractivity (Wildman–Crippen MR) is 108 cm³/mol. The number of nitrogens with zero attached hydrogens (tertiary/aromatic N) is 3. The van der Waals surface area contributed by atoms with Gasteiger partial charge in [0.05, 0.1) is 16.5 Å². The zero-order valence-corrected chi connectivity index (χ0v) is 17.2. The Balaban J connectivity index is 1.82. The number of thioether (sulfide) groups is 1. The normalized spacial score (nSPS) is 16.6. The van der Waals surface area contributed by atoms with Crippen molar-refractivity contribution in [2.45, 2.75) is 42.9 Å². The number of carbonyl (C=O) groups is 2. The van der Waals surface area contributed by atoms with E-state index >= 15 is 0 Å². The summed E-state index contributed by atoms with van der Waals surface area (Å²) in [5, 5.41) is 9.32. The molecule has 1 saturated heterocycles. The van der Waals surface area contributed by atoms with Crippen molar-refractivity contribution in [1.82, 2.24) is 4.98 Å². The van der Waals surface area contributed by atoms with Crippen LogP contribution in [0.5, 0.6) is 0 Å². The van der Waals surface area contributed by atoms with Crippen LogP contribution >= 0.6 is 27.7 Å². The number of amides is 2. The van der Waals surface area contributed by atoms with Crippen molar-refractivity contribution in [3.05, 3.63) is 52.1 Å². The second-order valence-electron chi connectivity index (χ2n) is 6.23. The van der Waals surface area contributed by atoms with Crippen LogP contribution < -0.4 is 4.90 Å². The molecule has 3 rings (SSSR count). The van der Waals surface area contributed by atoms with Crippen molar-refractivity contribution < 1.29 is 9.59 Å². The van der Waals surface area contributed by atoms with Crippen LogP contribution in [0.3, 0.4) is 0 Å². The lowest BCUT2D eigenvalue weighted by Crippen LogP contribution is -2.31. The topological polar surface area (TPSA) is 74.1 Å². The third kappa shape index (κ3) is 4.40. The molecule has 138 valence electrons. The van der Waals surface area contributed by atoms with Crippen LogP contribution in [-0.4, -0.2) is 22.0 Å². The molecule has 0 saturated carbocycles. The van der Waals surface area contributed by atoms with Gasteiger partial charge in [-0.15, -0.1) is 0 Å². The van der Waals surface area contributed by atoms with Gasteiger partial charge in [0, 0.05) is 16.6 Å². The molecule has 7 heteroatoms. The van der Waals surface area contributed by atoms with E-state index in [0.29, 0.717) is 16.3 Å². The highest BCUT2D eigenvalue weighted by Gasteiger charge is 2.40. The number of aromatic nitrogens is 1. The minimum absolute atomic E-state index is 0.102. The van der Waals surface area contributed by atoms with E-state index in [1.807, 2.05) is 6.07 Å². The number of halogens is 1. The van der Waals surface area contributed by atoms with Gasteiger partial charge in [0.15, 0.2) is 0 Å². The molecule has 1 atom stereocenters. The van der Waals surface area contributed by atoms with Crippen LogP contribution in [0.2, 0.25) is 0 Å². The fourth-order valence-electron chi connectivity index (χ4n) is 2.84. The molecular weight excluding hydrogens is 426 g/mol. The number of nitriles is 1. The number of rotatable bonds is 6. The molecule has 1 fully saturated rings. The largest absolute Gasteiger partial charge is 0.274 e. The third-order valence-electron chi connectivity index (χ3n) is 4.27. The highest BCUT2D eigenvalue weighted by Crippen LogP contribution is 2.35. The predicted octanol–water partition coefficient (Wildman–Crippen LogP) is 4.48. The molecule has 2 aromatic rings. The molecule has 1 aliphatic heterocycles. The number of benzene rings is 1.